The first-order chi connectivity index (χ1) is 15.0. The van der Waals surface area contributed by atoms with E-state index in [0.717, 1.165) is 35.0 Å². The number of fused-ring (bicyclic) bond motifs is 1. The summed E-state index contributed by atoms with van der Waals surface area (Å²) in [4.78, 5) is 6.95. The van der Waals surface area contributed by atoms with E-state index in [1.807, 2.05) is 43.5 Å². The third-order valence-corrected chi connectivity index (χ3v) is 5.68. The number of nitrogens with zero attached hydrogens (tertiary/aromatic N) is 3. The Labute approximate surface area is 191 Å². The van der Waals surface area contributed by atoms with Gasteiger partial charge in [-0.2, -0.15) is 0 Å². The maximum absolute atomic E-state index is 6.28. The average molecular weight is 456 g/mol. The van der Waals surface area contributed by atoms with Crippen LogP contribution in [0.4, 0.5) is 5.82 Å². The van der Waals surface area contributed by atoms with Crippen LogP contribution in [-0.2, 0) is 13.2 Å². The zero-order valence-corrected chi connectivity index (χ0v) is 19.1. The minimum absolute atomic E-state index is 0.332. The largest absolute Gasteiger partial charge is 0.497 e. The van der Waals surface area contributed by atoms with Crippen molar-refractivity contribution in [3.63, 3.8) is 0 Å². The molecule has 31 heavy (non-hydrogen) atoms. The molecule has 0 fully saturated rings. The van der Waals surface area contributed by atoms with Crippen LogP contribution in [-0.4, -0.2) is 23.5 Å². The summed E-state index contributed by atoms with van der Waals surface area (Å²) in [6.45, 7) is 3.08. The number of methoxy groups -OCH3 is 1. The van der Waals surface area contributed by atoms with Gasteiger partial charge in [0.2, 0.25) is 0 Å². The predicted molar refractivity (Wildman–Crippen MR) is 126 cm³/mol. The van der Waals surface area contributed by atoms with Gasteiger partial charge in [0, 0.05) is 35.4 Å². The van der Waals surface area contributed by atoms with E-state index in [1.54, 1.807) is 19.2 Å². The predicted octanol–water partition coefficient (Wildman–Crippen LogP) is 6.17. The Morgan fingerprint density at radius 2 is 1.84 bits per heavy atom. The molecule has 0 atom stereocenters. The summed E-state index contributed by atoms with van der Waals surface area (Å²) in [6.07, 6.45) is 2.00. The molecule has 0 bridgehead atoms. The van der Waals surface area contributed by atoms with Gasteiger partial charge >= 0.3 is 0 Å². The number of hydrogen-bond donors (Lipinski definition) is 0. The normalized spacial score (nSPS) is 11.0. The smallest absolute Gasteiger partial charge is 0.181 e. The number of aryl methyl sites for hydroxylation is 1. The Bertz CT molecular complexity index is 1210. The molecule has 0 aliphatic carbocycles. The van der Waals surface area contributed by atoms with Gasteiger partial charge in [0.1, 0.15) is 18.2 Å². The number of imidazole rings is 1. The Hall–Kier alpha value is -2.89. The molecule has 4 rings (SSSR count). The van der Waals surface area contributed by atoms with Gasteiger partial charge in [-0.05, 0) is 48.9 Å². The van der Waals surface area contributed by atoms with Gasteiger partial charge in [-0.25, -0.2) is 4.98 Å². The van der Waals surface area contributed by atoms with Crippen molar-refractivity contribution in [1.29, 1.82) is 0 Å². The minimum atomic E-state index is 0.332. The van der Waals surface area contributed by atoms with E-state index in [1.165, 1.54) is 5.56 Å². The summed E-state index contributed by atoms with van der Waals surface area (Å²) >= 11 is 12.3. The summed E-state index contributed by atoms with van der Waals surface area (Å²) in [5.41, 5.74) is 3.74. The Balaban J connectivity index is 1.58. The Morgan fingerprint density at radius 3 is 2.55 bits per heavy atom. The fourth-order valence-electron chi connectivity index (χ4n) is 3.59. The zero-order valence-electron chi connectivity index (χ0n) is 17.6. The number of pyridine rings is 1. The van der Waals surface area contributed by atoms with Crippen LogP contribution in [0.5, 0.6) is 11.5 Å². The highest BCUT2D eigenvalue weighted by molar-refractivity contribution is 6.35. The third-order valence-electron chi connectivity index (χ3n) is 5.10. The summed E-state index contributed by atoms with van der Waals surface area (Å²) in [5.74, 6) is 2.56. The van der Waals surface area contributed by atoms with Crippen LogP contribution in [0.2, 0.25) is 10.0 Å². The van der Waals surface area contributed by atoms with E-state index >= 15 is 0 Å². The standard InChI is InChI=1S/C24H23Cl2N3O2/c1-16-24(28(2)14-17-6-10-20(30-3)11-7-17)29-12-4-5-22(23(29)27-16)31-15-18-8-9-19(25)13-21(18)26/h4-13H,14-15H2,1-3H3. The molecule has 0 aliphatic rings. The fraction of sp³-hybridized carbons (Fsp3) is 0.208. The van der Waals surface area contributed by atoms with Gasteiger partial charge in [0.15, 0.2) is 11.4 Å². The van der Waals surface area contributed by atoms with Crippen molar-refractivity contribution in [3.05, 3.63) is 87.7 Å². The van der Waals surface area contributed by atoms with Crippen LogP contribution < -0.4 is 14.4 Å². The number of anilines is 1. The number of rotatable bonds is 7. The average Bonchev–Trinajstić information content (AvgIpc) is 3.10. The second kappa shape index (κ2) is 9.08. The molecule has 0 spiro atoms. The fourth-order valence-corrected chi connectivity index (χ4v) is 4.05. The third kappa shape index (κ3) is 4.58. The molecule has 0 saturated heterocycles. The van der Waals surface area contributed by atoms with Crippen molar-refractivity contribution < 1.29 is 9.47 Å². The lowest BCUT2D eigenvalue weighted by Crippen LogP contribution is -2.19. The molecule has 0 aliphatic heterocycles. The maximum Gasteiger partial charge on any atom is 0.181 e. The molecule has 0 N–H and O–H groups in total. The number of ether oxygens (including phenoxy) is 2. The molecule has 5 nitrogen and oxygen atoms in total. The molecular formula is C24H23Cl2N3O2. The lowest BCUT2D eigenvalue weighted by Gasteiger charge is -2.20. The first-order valence-corrected chi connectivity index (χ1v) is 10.6. The highest BCUT2D eigenvalue weighted by Crippen LogP contribution is 2.29. The summed E-state index contributed by atoms with van der Waals surface area (Å²) in [5, 5.41) is 1.18. The summed E-state index contributed by atoms with van der Waals surface area (Å²) in [7, 11) is 3.73. The van der Waals surface area contributed by atoms with Crippen molar-refractivity contribution in [2.45, 2.75) is 20.1 Å². The summed E-state index contributed by atoms with van der Waals surface area (Å²) in [6, 6.07) is 17.3. The molecule has 0 saturated carbocycles. The SMILES string of the molecule is COc1ccc(CN(C)c2c(C)nc3c(OCc4ccc(Cl)cc4Cl)cccn23)cc1. The number of benzene rings is 2. The maximum atomic E-state index is 6.28. The van der Waals surface area contributed by atoms with Crippen molar-refractivity contribution in [1.82, 2.24) is 9.38 Å². The molecule has 0 radical (unpaired) electrons. The zero-order chi connectivity index (χ0) is 22.0. The van der Waals surface area contributed by atoms with E-state index < -0.39 is 0 Å². The van der Waals surface area contributed by atoms with E-state index in [9.17, 15) is 0 Å². The van der Waals surface area contributed by atoms with Gasteiger partial charge in [-0.3, -0.25) is 4.40 Å². The Morgan fingerprint density at radius 1 is 1.06 bits per heavy atom. The number of aromatic nitrogens is 2. The molecule has 160 valence electrons. The van der Waals surface area contributed by atoms with Crippen LogP contribution in [0.1, 0.15) is 16.8 Å². The Kier molecular flexibility index (Phi) is 6.25. The van der Waals surface area contributed by atoms with Gasteiger partial charge in [0.05, 0.1) is 12.8 Å². The monoisotopic (exact) mass is 455 g/mol. The highest BCUT2D eigenvalue weighted by atomic mass is 35.5. The van der Waals surface area contributed by atoms with Crippen LogP contribution in [0.3, 0.4) is 0 Å². The molecule has 4 aromatic rings. The second-order valence-electron chi connectivity index (χ2n) is 7.32. The molecule has 2 heterocycles. The van der Waals surface area contributed by atoms with Gasteiger partial charge in [-0.1, -0.05) is 41.4 Å². The number of hydrogen-bond acceptors (Lipinski definition) is 4. The molecule has 2 aromatic carbocycles. The lowest BCUT2D eigenvalue weighted by atomic mass is 10.2. The molecule has 0 amide bonds. The van der Waals surface area contributed by atoms with Crippen LogP contribution >= 0.6 is 23.2 Å². The van der Waals surface area contributed by atoms with Crippen LogP contribution in [0.25, 0.3) is 5.65 Å². The van der Waals surface area contributed by atoms with Crippen molar-refractivity contribution in [3.8, 4) is 11.5 Å². The lowest BCUT2D eigenvalue weighted by molar-refractivity contribution is 0.308. The summed E-state index contributed by atoms with van der Waals surface area (Å²) < 4.78 is 13.4. The van der Waals surface area contributed by atoms with Crippen LogP contribution in [0, 0.1) is 6.92 Å². The highest BCUT2D eigenvalue weighted by Gasteiger charge is 2.16. The van der Waals surface area contributed by atoms with E-state index in [0.29, 0.717) is 22.4 Å². The van der Waals surface area contributed by atoms with Crippen molar-refractivity contribution >= 4 is 34.7 Å². The number of halogens is 2. The molecule has 2 aromatic heterocycles. The minimum Gasteiger partial charge on any atom is -0.497 e. The van der Waals surface area contributed by atoms with E-state index in [2.05, 4.69) is 28.5 Å². The van der Waals surface area contributed by atoms with Gasteiger partial charge < -0.3 is 14.4 Å². The quantitative estimate of drug-likeness (QED) is 0.333. The topological polar surface area (TPSA) is 39.0 Å². The molecule has 7 heteroatoms. The molecule has 0 unspecified atom stereocenters. The van der Waals surface area contributed by atoms with Crippen molar-refractivity contribution in [2.75, 3.05) is 19.1 Å². The van der Waals surface area contributed by atoms with Crippen LogP contribution in [0.15, 0.2) is 60.8 Å². The second-order valence-corrected chi connectivity index (χ2v) is 8.16. The first-order valence-electron chi connectivity index (χ1n) is 9.84. The van der Waals surface area contributed by atoms with Gasteiger partial charge in [-0.15, -0.1) is 0 Å². The van der Waals surface area contributed by atoms with E-state index in [-0.39, 0.29) is 0 Å². The molecular weight excluding hydrogens is 433 g/mol. The van der Waals surface area contributed by atoms with E-state index in [4.69, 9.17) is 37.7 Å². The first kappa shape index (κ1) is 21.3. The van der Waals surface area contributed by atoms with Crippen molar-refractivity contribution in [2.24, 2.45) is 0 Å². The van der Waals surface area contributed by atoms with Gasteiger partial charge in [0.25, 0.3) is 0 Å².